The third kappa shape index (κ3) is 1.96. The molecule has 6 heteroatoms. The molecule has 2 heterocycles. The molecule has 0 unspecified atom stereocenters. The molecule has 0 fully saturated rings. The second-order valence-corrected chi connectivity index (χ2v) is 5.71. The van der Waals surface area contributed by atoms with Crippen molar-refractivity contribution in [2.45, 2.75) is 25.7 Å². The zero-order chi connectivity index (χ0) is 14.4. The van der Waals surface area contributed by atoms with Crippen molar-refractivity contribution in [2.24, 2.45) is 0 Å². The summed E-state index contributed by atoms with van der Waals surface area (Å²) in [4.78, 5) is 12.5. The number of nitrogens with one attached hydrogen (secondary N) is 1. The van der Waals surface area contributed by atoms with Crippen LogP contribution in [-0.2, 0) is 12.8 Å². The van der Waals surface area contributed by atoms with Crippen LogP contribution in [0.1, 0.15) is 24.1 Å². The van der Waals surface area contributed by atoms with E-state index in [1.165, 1.54) is 4.68 Å². The molecule has 0 radical (unpaired) electrons. The van der Waals surface area contributed by atoms with E-state index in [2.05, 4.69) is 15.3 Å². The maximum atomic E-state index is 12.5. The Morgan fingerprint density at radius 2 is 1.86 bits per heavy atom. The summed E-state index contributed by atoms with van der Waals surface area (Å²) in [7, 11) is 0. The highest BCUT2D eigenvalue weighted by atomic mass is 35.5. The minimum atomic E-state index is -0.197. The third-order valence-electron chi connectivity index (χ3n) is 3.95. The molecule has 1 N–H and O–H groups in total. The van der Waals surface area contributed by atoms with Crippen LogP contribution >= 0.6 is 11.6 Å². The van der Waals surface area contributed by atoms with Gasteiger partial charge in [-0.25, -0.2) is 0 Å². The highest BCUT2D eigenvalue weighted by Gasteiger charge is 2.25. The van der Waals surface area contributed by atoms with E-state index in [-0.39, 0.29) is 5.56 Å². The summed E-state index contributed by atoms with van der Waals surface area (Å²) >= 11 is 5.89. The van der Waals surface area contributed by atoms with Crippen molar-refractivity contribution >= 4 is 11.6 Å². The van der Waals surface area contributed by atoms with E-state index in [0.29, 0.717) is 16.4 Å². The maximum absolute atomic E-state index is 12.5. The number of halogens is 1. The molecule has 106 valence electrons. The van der Waals surface area contributed by atoms with Crippen LogP contribution in [0.2, 0.25) is 5.02 Å². The van der Waals surface area contributed by atoms with Gasteiger partial charge >= 0.3 is 5.56 Å². The van der Waals surface area contributed by atoms with Crippen LogP contribution in [0.15, 0.2) is 29.1 Å². The number of aromatic amines is 1. The lowest BCUT2D eigenvalue weighted by atomic mass is 9.94. The van der Waals surface area contributed by atoms with E-state index < -0.39 is 0 Å². The molecule has 4 rings (SSSR count). The summed E-state index contributed by atoms with van der Waals surface area (Å²) in [6, 6.07) is 7.06. The standard InChI is InChI=1S/C15H13ClN4O/c16-9-5-7-10(8-6-9)20-15(21)14-13(19-20)11-3-1-2-4-12(11)17-18-14/h5-8,17H,1-4H2. The molecule has 0 saturated heterocycles. The Labute approximate surface area is 125 Å². The molecule has 0 aromatic heterocycles. The van der Waals surface area contributed by atoms with Gasteiger partial charge in [0.05, 0.1) is 5.69 Å². The lowest BCUT2D eigenvalue weighted by Crippen LogP contribution is -2.16. The van der Waals surface area contributed by atoms with Gasteiger partial charge in [-0.2, -0.15) is 14.9 Å². The van der Waals surface area contributed by atoms with Gasteiger partial charge in [0.15, 0.2) is 5.69 Å². The van der Waals surface area contributed by atoms with E-state index in [9.17, 15) is 4.79 Å². The zero-order valence-corrected chi connectivity index (χ0v) is 12.0. The molecule has 0 amide bonds. The largest absolute Gasteiger partial charge is 0.301 e. The Morgan fingerprint density at radius 3 is 2.67 bits per heavy atom. The average Bonchev–Trinajstić information content (AvgIpc) is 2.86. The first-order chi connectivity index (χ1) is 10.2. The molecule has 1 aromatic rings. The molecule has 0 bridgehead atoms. The van der Waals surface area contributed by atoms with Crippen LogP contribution in [0.3, 0.4) is 0 Å². The number of hydrogen-bond donors (Lipinski definition) is 1. The first-order valence-corrected chi connectivity index (χ1v) is 7.37. The van der Waals surface area contributed by atoms with Gasteiger partial charge in [-0.05, 0) is 49.9 Å². The fourth-order valence-corrected chi connectivity index (χ4v) is 3.00. The van der Waals surface area contributed by atoms with Gasteiger partial charge in [0.1, 0.15) is 5.69 Å². The van der Waals surface area contributed by atoms with Gasteiger partial charge < -0.3 is 0 Å². The average molecular weight is 301 g/mol. The SMILES string of the molecule is O=c1c2n[nH]c3c(c-2nn1-c1ccc(Cl)cc1)CCCC3. The molecular formula is C15H13ClN4O. The van der Waals surface area contributed by atoms with Crippen LogP contribution in [0.25, 0.3) is 17.1 Å². The molecular weight excluding hydrogens is 288 g/mol. The minimum absolute atomic E-state index is 0.197. The second-order valence-electron chi connectivity index (χ2n) is 5.28. The second kappa shape index (κ2) is 4.70. The predicted molar refractivity (Wildman–Crippen MR) is 80.3 cm³/mol. The Balaban J connectivity index is 1.95. The fourth-order valence-electron chi connectivity index (χ4n) is 2.87. The Morgan fingerprint density at radius 1 is 1.10 bits per heavy atom. The van der Waals surface area contributed by atoms with Crippen molar-refractivity contribution in [3.8, 4) is 17.1 Å². The molecule has 3 aliphatic rings. The topological polar surface area (TPSA) is 63.6 Å². The molecule has 21 heavy (non-hydrogen) atoms. The predicted octanol–water partition coefficient (Wildman–Crippen LogP) is 2.59. The number of nitrogens with zero attached hydrogens (tertiary/aromatic N) is 3. The van der Waals surface area contributed by atoms with Crippen molar-refractivity contribution in [1.82, 2.24) is 20.0 Å². The quantitative estimate of drug-likeness (QED) is 0.751. The van der Waals surface area contributed by atoms with Gasteiger partial charge in [-0.1, -0.05) is 11.6 Å². The van der Waals surface area contributed by atoms with Crippen molar-refractivity contribution in [3.63, 3.8) is 0 Å². The van der Waals surface area contributed by atoms with Crippen molar-refractivity contribution in [1.29, 1.82) is 0 Å². The van der Waals surface area contributed by atoms with Gasteiger partial charge in [-0.3, -0.25) is 9.89 Å². The van der Waals surface area contributed by atoms with E-state index in [0.717, 1.165) is 42.6 Å². The van der Waals surface area contributed by atoms with Gasteiger partial charge in [0.25, 0.3) is 0 Å². The highest BCUT2D eigenvalue weighted by Crippen LogP contribution is 2.27. The molecule has 0 atom stereocenters. The van der Waals surface area contributed by atoms with E-state index >= 15 is 0 Å². The summed E-state index contributed by atoms with van der Waals surface area (Å²) < 4.78 is 1.40. The number of aryl methyl sites for hydroxylation is 1. The van der Waals surface area contributed by atoms with E-state index in [1.807, 2.05) is 0 Å². The number of benzene rings is 1. The summed E-state index contributed by atoms with van der Waals surface area (Å²) in [6.07, 6.45) is 4.20. The van der Waals surface area contributed by atoms with Gasteiger partial charge in [0.2, 0.25) is 0 Å². The van der Waals surface area contributed by atoms with Crippen molar-refractivity contribution < 1.29 is 0 Å². The van der Waals surface area contributed by atoms with Crippen LogP contribution < -0.4 is 5.56 Å². The zero-order valence-electron chi connectivity index (χ0n) is 11.3. The monoisotopic (exact) mass is 300 g/mol. The number of aromatic nitrogens is 4. The molecule has 0 spiro atoms. The Kier molecular flexibility index (Phi) is 2.82. The summed E-state index contributed by atoms with van der Waals surface area (Å²) in [5.41, 5.74) is 3.88. The van der Waals surface area contributed by atoms with E-state index in [4.69, 9.17) is 11.6 Å². The van der Waals surface area contributed by atoms with Crippen molar-refractivity contribution in [3.05, 3.63) is 50.9 Å². The number of fused-ring (bicyclic) bond motifs is 3. The summed E-state index contributed by atoms with van der Waals surface area (Å²) in [5, 5.41) is 12.4. The minimum Gasteiger partial charge on any atom is -0.281 e. The number of H-pyrrole nitrogens is 1. The van der Waals surface area contributed by atoms with Gasteiger partial charge in [-0.15, -0.1) is 0 Å². The van der Waals surface area contributed by atoms with Gasteiger partial charge in [0, 0.05) is 16.3 Å². The van der Waals surface area contributed by atoms with Crippen LogP contribution in [0.5, 0.6) is 0 Å². The normalized spacial score (nSPS) is 14.3. The third-order valence-corrected chi connectivity index (χ3v) is 4.20. The molecule has 5 nitrogen and oxygen atoms in total. The lowest BCUT2D eigenvalue weighted by molar-refractivity contribution is 0.653. The smallest absolute Gasteiger partial charge is 0.281 e. The molecule has 2 aliphatic heterocycles. The maximum Gasteiger partial charge on any atom is 0.301 e. The molecule has 1 aliphatic carbocycles. The Bertz CT molecular complexity index is 834. The van der Waals surface area contributed by atoms with Crippen LogP contribution in [0, 0.1) is 0 Å². The van der Waals surface area contributed by atoms with Crippen LogP contribution in [-0.4, -0.2) is 20.0 Å². The molecule has 1 aromatic carbocycles. The lowest BCUT2D eigenvalue weighted by Gasteiger charge is -2.16. The van der Waals surface area contributed by atoms with E-state index in [1.54, 1.807) is 24.3 Å². The summed E-state index contributed by atoms with van der Waals surface area (Å²) in [5.74, 6) is 0. The first-order valence-electron chi connectivity index (χ1n) is 6.99. The van der Waals surface area contributed by atoms with Crippen molar-refractivity contribution in [2.75, 3.05) is 0 Å². The summed E-state index contributed by atoms with van der Waals surface area (Å²) in [6.45, 7) is 0. The number of rotatable bonds is 1. The molecule has 0 saturated carbocycles. The number of hydrogen-bond acceptors (Lipinski definition) is 3. The highest BCUT2D eigenvalue weighted by molar-refractivity contribution is 6.30. The fraction of sp³-hybridized carbons (Fsp3) is 0.267. The Hall–Kier alpha value is -2.14. The first kappa shape index (κ1) is 12.6. The van der Waals surface area contributed by atoms with Crippen LogP contribution in [0.4, 0.5) is 0 Å².